The van der Waals surface area contributed by atoms with Crippen molar-refractivity contribution in [3.63, 3.8) is 0 Å². The zero-order valence-corrected chi connectivity index (χ0v) is 10.3. The summed E-state index contributed by atoms with van der Waals surface area (Å²) in [5.74, 6) is 1.16. The number of nitrogens with zero attached hydrogens (tertiary/aromatic N) is 2. The van der Waals surface area contributed by atoms with E-state index in [4.69, 9.17) is 0 Å². The Morgan fingerprint density at radius 2 is 2.18 bits per heavy atom. The van der Waals surface area contributed by atoms with Gasteiger partial charge in [0, 0.05) is 26.7 Å². The van der Waals surface area contributed by atoms with E-state index in [1.165, 1.54) is 6.42 Å². The zero-order valence-electron chi connectivity index (χ0n) is 10.3. The van der Waals surface area contributed by atoms with Crippen LogP contribution in [0.4, 0.5) is 13.2 Å². The summed E-state index contributed by atoms with van der Waals surface area (Å²) in [6.45, 7) is 3.78. The first kappa shape index (κ1) is 14.1. The number of hydrogen-bond acceptors (Lipinski definition) is 1. The van der Waals surface area contributed by atoms with Crippen molar-refractivity contribution in [1.82, 2.24) is 10.2 Å². The van der Waals surface area contributed by atoms with Crippen molar-refractivity contribution in [2.45, 2.75) is 32.4 Å². The molecule has 0 aromatic carbocycles. The fourth-order valence-electron chi connectivity index (χ4n) is 2.03. The minimum absolute atomic E-state index is 0.110. The number of piperidine rings is 1. The van der Waals surface area contributed by atoms with Gasteiger partial charge in [0.15, 0.2) is 5.96 Å². The van der Waals surface area contributed by atoms with Crippen LogP contribution in [0.5, 0.6) is 0 Å². The van der Waals surface area contributed by atoms with Crippen LogP contribution in [0.3, 0.4) is 0 Å². The number of rotatable bonds is 2. The third-order valence-corrected chi connectivity index (χ3v) is 2.86. The van der Waals surface area contributed by atoms with Gasteiger partial charge in [-0.3, -0.25) is 4.99 Å². The minimum atomic E-state index is -4.11. The van der Waals surface area contributed by atoms with E-state index in [1.807, 2.05) is 4.90 Å². The first-order chi connectivity index (χ1) is 7.92. The van der Waals surface area contributed by atoms with Gasteiger partial charge in [0.25, 0.3) is 0 Å². The van der Waals surface area contributed by atoms with E-state index in [-0.39, 0.29) is 6.54 Å². The number of nitrogens with one attached hydrogen (secondary N) is 1. The Kier molecular flexibility index (Phi) is 5.08. The smallest absolute Gasteiger partial charge is 0.356 e. The quantitative estimate of drug-likeness (QED) is 0.602. The Morgan fingerprint density at radius 3 is 2.71 bits per heavy atom. The highest BCUT2D eigenvalue weighted by Crippen LogP contribution is 2.19. The molecule has 0 aliphatic carbocycles. The van der Waals surface area contributed by atoms with E-state index in [2.05, 4.69) is 17.2 Å². The van der Waals surface area contributed by atoms with Crippen molar-refractivity contribution in [3.8, 4) is 0 Å². The normalized spacial score (nSPS) is 22.8. The van der Waals surface area contributed by atoms with Crippen LogP contribution in [0.2, 0.25) is 0 Å². The molecular weight excluding hydrogens is 231 g/mol. The molecule has 1 saturated heterocycles. The van der Waals surface area contributed by atoms with Crippen LogP contribution in [0.1, 0.15) is 26.2 Å². The Labute approximate surface area is 100 Å². The van der Waals surface area contributed by atoms with Crippen molar-refractivity contribution >= 4 is 5.96 Å². The Hall–Kier alpha value is -0.940. The molecule has 1 atom stereocenters. The topological polar surface area (TPSA) is 27.6 Å². The van der Waals surface area contributed by atoms with Gasteiger partial charge in [-0.1, -0.05) is 6.92 Å². The highest BCUT2D eigenvalue weighted by Gasteiger charge is 2.27. The third-order valence-electron chi connectivity index (χ3n) is 2.86. The molecule has 1 aliphatic heterocycles. The first-order valence-corrected chi connectivity index (χ1v) is 5.94. The number of likely N-dealkylation sites (tertiary alicyclic amines) is 1. The molecule has 6 heteroatoms. The number of aliphatic imine (C=N–C) groups is 1. The van der Waals surface area contributed by atoms with Crippen molar-refractivity contribution in [3.05, 3.63) is 0 Å². The summed E-state index contributed by atoms with van der Waals surface area (Å²) in [6, 6.07) is 0. The van der Waals surface area contributed by atoms with Crippen molar-refractivity contribution < 1.29 is 13.2 Å². The molecular formula is C11H20F3N3. The van der Waals surface area contributed by atoms with Gasteiger partial charge >= 0.3 is 6.18 Å². The van der Waals surface area contributed by atoms with Gasteiger partial charge in [0.2, 0.25) is 0 Å². The molecule has 1 heterocycles. The average molecular weight is 251 g/mol. The second-order valence-electron chi connectivity index (χ2n) is 4.53. The molecule has 0 radical (unpaired) electrons. The Morgan fingerprint density at radius 1 is 1.47 bits per heavy atom. The fraction of sp³-hybridized carbons (Fsp3) is 0.909. The van der Waals surface area contributed by atoms with Crippen LogP contribution in [0, 0.1) is 5.92 Å². The second-order valence-corrected chi connectivity index (χ2v) is 4.53. The lowest BCUT2D eigenvalue weighted by atomic mass is 10.0. The van der Waals surface area contributed by atoms with E-state index < -0.39 is 12.6 Å². The molecule has 17 heavy (non-hydrogen) atoms. The van der Waals surface area contributed by atoms with Crippen LogP contribution >= 0.6 is 0 Å². The van der Waals surface area contributed by atoms with Gasteiger partial charge in [0.05, 0.1) is 6.42 Å². The molecule has 0 bridgehead atoms. The van der Waals surface area contributed by atoms with Gasteiger partial charge in [-0.2, -0.15) is 13.2 Å². The zero-order chi connectivity index (χ0) is 12.9. The first-order valence-electron chi connectivity index (χ1n) is 5.94. The fourth-order valence-corrected chi connectivity index (χ4v) is 2.03. The molecule has 0 saturated carbocycles. The number of guanidine groups is 1. The van der Waals surface area contributed by atoms with Crippen molar-refractivity contribution in [2.24, 2.45) is 10.9 Å². The highest BCUT2D eigenvalue weighted by molar-refractivity contribution is 5.79. The highest BCUT2D eigenvalue weighted by atomic mass is 19.4. The standard InChI is InChI=1S/C11H20F3N3/c1-9-4-3-7-17(8-9)10(15-2)16-6-5-11(12,13)14/h9H,3-8H2,1-2H3,(H,15,16). The van der Waals surface area contributed by atoms with E-state index >= 15 is 0 Å². The van der Waals surface area contributed by atoms with E-state index in [0.717, 1.165) is 19.5 Å². The molecule has 0 spiro atoms. The summed E-state index contributed by atoms with van der Waals surface area (Å²) >= 11 is 0. The van der Waals surface area contributed by atoms with Gasteiger partial charge in [-0.15, -0.1) is 0 Å². The number of alkyl halides is 3. The van der Waals surface area contributed by atoms with Gasteiger partial charge in [-0.05, 0) is 18.8 Å². The minimum Gasteiger partial charge on any atom is -0.356 e. The predicted molar refractivity (Wildman–Crippen MR) is 62.0 cm³/mol. The average Bonchev–Trinajstić information content (AvgIpc) is 2.23. The largest absolute Gasteiger partial charge is 0.390 e. The third kappa shape index (κ3) is 5.28. The Balaban J connectivity index is 2.38. The summed E-state index contributed by atoms with van der Waals surface area (Å²) in [7, 11) is 1.61. The Bertz CT molecular complexity index is 263. The summed E-state index contributed by atoms with van der Waals surface area (Å²) in [6.07, 6.45) is -2.69. The monoisotopic (exact) mass is 251 g/mol. The summed E-state index contributed by atoms with van der Waals surface area (Å²) in [5, 5.41) is 2.77. The lowest BCUT2D eigenvalue weighted by molar-refractivity contribution is -0.132. The molecule has 3 nitrogen and oxygen atoms in total. The van der Waals surface area contributed by atoms with Gasteiger partial charge in [-0.25, -0.2) is 0 Å². The van der Waals surface area contributed by atoms with Crippen LogP contribution in [-0.2, 0) is 0 Å². The van der Waals surface area contributed by atoms with Crippen molar-refractivity contribution in [2.75, 3.05) is 26.7 Å². The summed E-state index contributed by atoms with van der Waals surface area (Å²) < 4.78 is 36.1. The molecule has 100 valence electrons. The summed E-state index contributed by atoms with van der Waals surface area (Å²) in [5.41, 5.74) is 0. The molecule has 1 unspecified atom stereocenters. The van der Waals surface area contributed by atoms with Crippen molar-refractivity contribution in [1.29, 1.82) is 0 Å². The van der Waals surface area contributed by atoms with Gasteiger partial charge in [0.1, 0.15) is 0 Å². The molecule has 1 rings (SSSR count). The van der Waals surface area contributed by atoms with Gasteiger partial charge < -0.3 is 10.2 Å². The van der Waals surface area contributed by atoms with E-state index in [1.54, 1.807) is 7.05 Å². The molecule has 1 aliphatic rings. The predicted octanol–water partition coefficient (Wildman–Crippen LogP) is 2.25. The maximum Gasteiger partial charge on any atom is 0.390 e. The summed E-state index contributed by atoms with van der Waals surface area (Å²) in [4.78, 5) is 6.06. The second kappa shape index (κ2) is 6.12. The molecule has 0 aromatic heterocycles. The molecule has 1 fully saturated rings. The SMILES string of the molecule is CN=C(NCCC(F)(F)F)N1CCCC(C)C1. The van der Waals surface area contributed by atoms with E-state index in [9.17, 15) is 13.2 Å². The maximum absolute atomic E-state index is 12.0. The number of hydrogen-bond donors (Lipinski definition) is 1. The molecule has 0 aromatic rings. The molecule has 0 amide bonds. The van der Waals surface area contributed by atoms with Crippen LogP contribution < -0.4 is 5.32 Å². The lowest BCUT2D eigenvalue weighted by Crippen LogP contribution is -2.46. The number of halogens is 3. The molecule has 1 N–H and O–H groups in total. The van der Waals surface area contributed by atoms with Crippen LogP contribution in [0.25, 0.3) is 0 Å². The van der Waals surface area contributed by atoms with E-state index in [0.29, 0.717) is 11.9 Å². The maximum atomic E-state index is 12.0. The van der Waals surface area contributed by atoms with Crippen LogP contribution in [-0.4, -0.2) is 43.7 Å². The van der Waals surface area contributed by atoms with Crippen LogP contribution in [0.15, 0.2) is 4.99 Å². The lowest BCUT2D eigenvalue weighted by Gasteiger charge is -2.33.